The molecule has 1 N–H and O–H groups in total. The maximum Gasteiger partial charge on any atom is 0.325 e. The number of carbonyl (C=O) groups excluding carboxylic acids is 2. The molecule has 0 radical (unpaired) electrons. The van der Waals surface area contributed by atoms with E-state index in [4.69, 9.17) is 0 Å². The highest BCUT2D eigenvalue weighted by Gasteiger charge is 2.30. The maximum absolute atomic E-state index is 13.3. The zero-order valence-corrected chi connectivity index (χ0v) is 29.7. The van der Waals surface area contributed by atoms with E-state index in [-0.39, 0.29) is 33.1 Å². The summed E-state index contributed by atoms with van der Waals surface area (Å²) < 4.78 is 0. The number of benzene rings is 1. The lowest BCUT2D eigenvalue weighted by Crippen LogP contribution is -2.31. The lowest BCUT2D eigenvalue weighted by Gasteiger charge is -2.18. The van der Waals surface area contributed by atoms with Crippen molar-refractivity contribution < 1.29 is 9.59 Å². The molecule has 5 heterocycles. The normalized spacial score (nSPS) is 16.8. The van der Waals surface area contributed by atoms with Crippen molar-refractivity contribution in [1.82, 2.24) is 19.9 Å². The minimum absolute atomic E-state index is 0.0264. The Morgan fingerprint density at radius 1 is 0.976 bits per heavy atom. The number of nitrogens with zero attached hydrogens (tertiary/aromatic N) is 6. The van der Waals surface area contributed by atoms with Gasteiger partial charge in [0.1, 0.15) is 5.82 Å². The van der Waals surface area contributed by atoms with Crippen molar-refractivity contribution in [3.63, 3.8) is 0 Å². The first-order valence-corrected chi connectivity index (χ1v) is 24.6. The van der Waals surface area contributed by atoms with Gasteiger partial charge >= 0.3 is 6.03 Å². The summed E-state index contributed by atoms with van der Waals surface area (Å²) in [6.07, 6.45) is 6.87. The van der Waals surface area contributed by atoms with Gasteiger partial charge in [0.05, 0.1) is 41.9 Å². The molecule has 2 fully saturated rings. The first-order chi connectivity index (χ1) is 20.4. The Hall–Kier alpha value is -1.65. The van der Waals surface area contributed by atoms with Crippen molar-refractivity contribution in [1.29, 1.82) is 0 Å². The van der Waals surface area contributed by atoms with Crippen LogP contribution in [-0.2, 0) is 11.3 Å². The van der Waals surface area contributed by atoms with Crippen LogP contribution in [0.15, 0.2) is 66.4 Å². The van der Waals surface area contributed by atoms with Crippen molar-refractivity contribution in [3.8, 4) is 10.9 Å². The Kier molecular flexibility index (Phi) is 9.80. The third-order valence-corrected chi connectivity index (χ3v) is 34.7. The number of hydrogen-bond acceptors (Lipinski definition) is 6. The fraction of sp³-hybridized carbons (Fsp3) is 0.231. The van der Waals surface area contributed by atoms with Crippen molar-refractivity contribution in [3.05, 3.63) is 72.1 Å². The van der Waals surface area contributed by atoms with Gasteiger partial charge in [-0.3, -0.25) is 19.7 Å². The highest BCUT2D eigenvalue weighted by Crippen LogP contribution is 2.93. The van der Waals surface area contributed by atoms with Crippen LogP contribution in [0, 0.1) is 0 Å². The van der Waals surface area contributed by atoms with E-state index >= 15 is 0 Å². The molecule has 0 bridgehead atoms. The molecule has 2 aliphatic rings. The Morgan fingerprint density at radius 2 is 1.81 bits per heavy atom. The molecule has 0 saturated carbocycles. The Balaban J connectivity index is 1.08. The van der Waals surface area contributed by atoms with Crippen LogP contribution in [-0.4, -0.2) is 51.4 Å². The number of urea groups is 1. The van der Waals surface area contributed by atoms with Crippen molar-refractivity contribution in [2.24, 2.45) is 0 Å². The minimum Gasteiger partial charge on any atom is -0.339 e. The van der Waals surface area contributed by atoms with Crippen LogP contribution in [0.4, 0.5) is 27.7 Å². The molecule has 216 valence electrons. The molecular weight excluding hydrogens is 659 g/mol. The number of anilines is 4. The van der Waals surface area contributed by atoms with Crippen LogP contribution < -0.4 is 15.1 Å². The van der Waals surface area contributed by atoms with Gasteiger partial charge in [0.25, 0.3) is 0 Å². The average Bonchev–Trinajstić information content (AvgIpc) is 3.74. The number of carbonyl (C=O) groups is 2. The zero-order chi connectivity index (χ0) is 29.2. The van der Waals surface area contributed by atoms with Crippen LogP contribution in [0.3, 0.4) is 0 Å². The number of hydrogen-bond donors (Lipinski definition) is 1. The fourth-order valence-corrected chi connectivity index (χ4v) is 19.5. The van der Waals surface area contributed by atoms with Gasteiger partial charge in [-0.25, -0.2) is 9.78 Å². The van der Waals surface area contributed by atoms with E-state index in [9.17, 15) is 9.59 Å². The monoisotopic (exact) mass is 689 g/mol. The minimum atomic E-state index is -0.349. The second-order valence-corrected chi connectivity index (χ2v) is 31.7. The van der Waals surface area contributed by atoms with Gasteiger partial charge in [-0.1, -0.05) is 36.5 Å². The van der Waals surface area contributed by atoms with E-state index in [1.165, 1.54) is 0 Å². The summed E-state index contributed by atoms with van der Waals surface area (Å²) in [5.74, 6) is 7.29. The van der Waals surface area contributed by atoms with Gasteiger partial charge < -0.3 is 15.1 Å². The van der Waals surface area contributed by atoms with Crippen molar-refractivity contribution >= 4 is 91.0 Å². The Labute approximate surface area is 256 Å². The summed E-state index contributed by atoms with van der Waals surface area (Å²) in [4.78, 5) is 44.4. The summed E-state index contributed by atoms with van der Waals surface area (Å²) in [5, 5.41) is 4.42. The fourth-order valence-electron chi connectivity index (χ4n) is 4.90. The van der Waals surface area contributed by atoms with Crippen LogP contribution in [0.2, 0.25) is 0 Å². The maximum atomic E-state index is 13.3. The van der Waals surface area contributed by atoms with Gasteiger partial charge in [-0.05, 0) is 50.0 Å². The van der Waals surface area contributed by atoms with Crippen LogP contribution in [0.25, 0.3) is 10.9 Å². The van der Waals surface area contributed by atoms with Crippen LogP contribution in [0.1, 0.15) is 18.5 Å². The third kappa shape index (κ3) is 6.85. The molecule has 3 aromatic heterocycles. The lowest BCUT2D eigenvalue weighted by atomic mass is 10.2. The number of pyridine rings is 1. The smallest absolute Gasteiger partial charge is 0.325 e. The summed E-state index contributed by atoms with van der Waals surface area (Å²) in [6.45, 7) is 2.25. The van der Waals surface area contributed by atoms with E-state index in [1.807, 2.05) is 52.1 Å². The van der Waals surface area contributed by atoms with Gasteiger partial charge in [0, 0.05) is 49.0 Å². The number of rotatable bonds is 9. The third-order valence-electron chi connectivity index (χ3n) is 7.05. The first-order valence-electron chi connectivity index (χ1n) is 13.2. The zero-order valence-electron chi connectivity index (χ0n) is 22.6. The largest absolute Gasteiger partial charge is 0.339 e. The Morgan fingerprint density at radius 3 is 2.52 bits per heavy atom. The van der Waals surface area contributed by atoms with Crippen LogP contribution in [0.5, 0.6) is 0 Å². The summed E-state index contributed by atoms with van der Waals surface area (Å²) in [6, 6.07) is 10.0. The van der Waals surface area contributed by atoms with Gasteiger partial charge in [-0.2, -0.15) is 0 Å². The highest BCUT2D eigenvalue weighted by atomic mass is 33.0. The van der Waals surface area contributed by atoms with Crippen molar-refractivity contribution in [2.75, 3.05) is 34.8 Å². The molecule has 6 rings (SSSR count). The molecule has 1 aromatic carbocycles. The molecule has 2 aliphatic heterocycles. The average molecular weight is 689 g/mol. The molecule has 0 spiro atoms. The number of amides is 3. The standard InChI is InChI=1S/C26H30N7O2P7/c34-25-2-1-7-32(25)21-5-3-18(4-6-21)23-13-28-24(15-39-23)30-19-10-22(12-27-11-19)33-9-8-31(26(33)35)14-20-16-40(17-29-20)42(38)41(36)37/h3-6,10-13,15-17H,1-2,7-9,14,36-38H2,(H,28,30). The van der Waals surface area contributed by atoms with E-state index in [2.05, 4.69) is 58.8 Å². The molecule has 42 heavy (non-hydrogen) atoms. The Bertz CT molecular complexity index is 1590. The summed E-state index contributed by atoms with van der Waals surface area (Å²) >= 11 is 0. The van der Waals surface area contributed by atoms with E-state index in [0.29, 0.717) is 26.1 Å². The van der Waals surface area contributed by atoms with E-state index in [0.717, 1.165) is 60.6 Å². The SMILES string of the molecule is O=C1CCCN1c1ccc(-c2cnc(Nc3cncc(N4CCN(Cc5cp(P(P)P(P)P)cn5)C4=O)c3)cp2)cc1. The summed E-state index contributed by atoms with van der Waals surface area (Å²) in [7, 11) is 9.52. The lowest BCUT2D eigenvalue weighted by molar-refractivity contribution is -0.117. The topological polar surface area (TPSA) is 94.6 Å². The van der Waals surface area contributed by atoms with Gasteiger partial charge in [0.2, 0.25) is 5.91 Å². The second-order valence-electron chi connectivity index (χ2n) is 9.84. The molecule has 2 saturated heterocycles. The van der Waals surface area contributed by atoms with Gasteiger partial charge in [0.15, 0.2) is 0 Å². The first kappa shape index (κ1) is 30.4. The molecule has 16 heteroatoms. The van der Waals surface area contributed by atoms with Crippen molar-refractivity contribution in [2.45, 2.75) is 19.4 Å². The number of nitrogens with one attached hydrogen (secondary N) is 1. The molecule has 3 amide bonds. The van der Waals surface area contributed by atoms with E-state index < -0.39 is 0 Å². The predicted octanol–water partition coefficient (Wildman–Crippen LogP) is 8.43. The molecule has 0 aliphatic carbocycles. The summed E-state index contributed by atoms with van der Waals surface area (Å²) in [5.41, 5.74) is 4.54. The predicted molar refractivity (Wildman–Crippen MR) is 190 cm³/mol. The molecule has 4 aromatic rings. The van der Waals surface area contributed by atoms with Crippen LogP contribution >= 0.6 is 56.2 Å². The highest BCUT2D eigenvalue weighted by molar-refractivity contribution is 8.95. The molecule has 5 unspecified atom stereocenters. The number of aromatic nitrogens is 3. The second kappa shape index (κ2) is 13.6. The molecule has 5 atom stereocenters. The molecular formula is C26H30N7O2P7. The van der Waals surface area contributed by atoms with Gasteiger partial charge in [-0.15, -0.1) is 17.9 Å². The quantitative estimate of drug-likeness (QED) is 0.177. The van der Waals surface area contributed by atoms with E-state index in [1.54, 1.807) is 17.3 Å². The molecule has 9 nitrogen and oxygen atoms in total.